The maximum atomic E-state index is 13.3. The SMILES string of the molecule is O=C(Nc1cc(Br)ccn1)Nc1ccc(F)cc1F. The summed E-state index contributed by atoms with van der Waals surface area (Å²) in [5.41, 5.74) is -0.117. The van der Waals surface area contributed by atoms with Crippen molar-refractivity contribution in [2.45, 2.75) is 0 Å². The number of rotatable bonds is 2. The van der Waals surface area contributed by atoms with Crippen molar-refractivity contribution in [1.29, 1.82) is 0 Å². The second-order valence-corrected chi connectivity index (χ2v) is 4.48. The van der Waals surface area contributed by atoms with Crippen LogP contribution in [-0.4, -0.2) is 11.0 Å². The lowest BCUT2D eigenvalue weighted by atomic mass is 10.3. The summed E-state index contributed by atoms with van der Waals surface area (Å²) in [6.45, 7) is 0. The number of anilines is 2. The predicted molar refractivity (Wildman–Crippen MR) is 70.9 cm³/mol. The normalized spacial score (nSPS) is 10.1. The van der Waals surface area contributed by atoms with Gasteiger partial charge in [-0.1, -0.05) is 15.9 Å². The van der Waals surface area contributed by atoms with Crippen LogP contribution in [0.4, 0.5) is 25.1 Å². The Hall–Kier alpha value is -2.02. The molecule has 0 saturated heterocycles. The van der Waals surface area contributed by atoms with Crippen LogP contribution in [0.25, 0.3) is 0 Å². The Morgan fingerprint density at radius 3 is 2.63 bits per heavy atom. The summed E-state index contributed by atoms with van der Waals surface area (Å²) in [5, 5.41) is 4.68. The highest BCUT2D eigenvalue weighted by molar-refractivity contribution is 9.10. The molecule has 0 atom stereocenters. The van der Waals surface area contributed by atoms with Crippen molar-refractivity contribution < 1.29 is 13.6 Å². The van der Waals surface area contributed by atoms with E-state index in [9.17, 15) is 13.6 Å². The summed E-state index contributed by atoms with van der Waals surface area (Å²) in [4.78, 5) is 15.5. The van der Waals surface area contributed by atoms with E-state index < -0.39 is 17.7 Å². The lowest BCUT2D eigenvalue weighted by Crippen LogP contribution is -2.20. The summed E-state index contributed by atoms with van der Waals surface area (Å²) in [6.07, 6.45) is 1.50. The molecule has 0 aliphatic rings. The maximum Gasteiger partial charge on any atom is 0.324 e. The zero-order valence-corrected chi connectivity index (χ0v) is 11.0. The quantitative estimate of drug-likeness (QED) is 0.882. The minimum Gasteiger partial charge on any atom is -0.305 e. The van der Waals surface area contributed by atoms with Crippen LogP contribution in [0.15, 0.2) is 41.0 Å². The van der Waals surface area contributed by atoms with E-state index in [-0.39, 0.29) is 5.69 Å². The third-order valence-corrected chi connectivity index (χ3v) is 2.64. The maximum absolute atomic E-state index is 13.3. The Balaban J connectivity index is 2.05. The molecule has 1 aromatic heterocycles. The number of halogens is 3. The average Bonchev–Trinajstić information content (AvgIpc) is 2.33. The Labute approximate surface area is 116 Å². The zero-order chi connectivity index (χ0) is 13.8. The minimum atomic E-state index is -0.850. The molecule has 2 rings (SSSR count). The van der Waals surface area contributed by atoms with E-state index in [0.717, 1.165) is 16.6 Å². The van der Waals surface area contributed by atoms with Gasteiger partial charge in [0.25, 0.3) is 0 Å². The topological polar surface area (TPSA) is 54.0 Å². The van der Waals surface area contributed by atoms with Crippen molar-refractivity contribution in [3.63, 3.8) is 0 Å². The standard InChI is InChI=1S/C12H8BrF2N3O/c13-7-3-4-16-11(5-7)18-12(19)17-10-2-1-8(14)6-9(10)15/h1-6H,(H2,16,17,18,19). The van der Waals surface area contributed by atoms with Gasteiger partial charge in [0.1, 0.15) is 17.5 Å². The highest BCUT2D eigenvalue weighted by atomic mass is 79.9. The van der Waals surface area contributed by atoms with E-state index in [2.05, 4.69) is 31.5 Å². The number of hydrogen-bond donors (Lipinski definition) is 2. The van der Waals surface area contributed by atoms with Crippen LogP contribution < -0.4 is 10.6 Å². The number of pyridine rings is 1. The van der Waals surface area contributed by atoms with Crippen molar-refractivity contribution >= 4 is 33.5 Å². The molecule has 7 heteroatoms. The third kappa shape index (κ3) is 3.72. The van der Waals surface area contributed by atoms with E-state index >= 15 is 0 Å². The van der Waals surface area contributed by atoms with Gasteiger partial charge in [-0.2, -0.15) is 0 Å². The number of carbonyl (C=O) groups is 1. The van der Waals surface area contributed by atoms with Crippen molar-refractivity contribution in [1.82, 2.24) is 4.98 Å². The van der Waals surface area contributed by atoms with Crippen LogP contribution in [0.5, 0.6) is 0 Å². The third-order valence-electron chi connectivity index (χ3n) is 2.14. The van der Waals surface area contributed by atoms with Gasteiger partial charge < -0.3 is 5.32 Å². The molecule has 1 heterocycles. The van der Waals surface area contributed by atoms with Crippen LogP contribution in [0.1, 0.15) is 0 Å². The number of amides is 2. The Morgan fingerprint density at radius 2 is 1.95 bits per heavy atom. The first-order valence-corrected chi connectivity index (χ1v) is 5.98. The smallest absolute Gasteiger partial charge is 0.305 e. The lowest BCUT2D eigenvalue weighted by molar-refractivity contribution is 0.262. The molecule has 2 N–H and O–H groups in total. The number of benzene rings is 1. The molecule has 0 spiro atoms. The highest BCUT2D eigenvalue weighted by Gasteiger charge is 2.08. The first-order chi connectivity index (χ1) is 9.04. The van der Waals surface area contributed by atoms with Crippen LogP contribution >= 0.6 is 15.9 Å². The van der Waals surface area contributed by atoms with Gasteiger partial charge in [-0.15, -0.1) is 0 Å². The van der Waals surface area contributed by atoms with Crippen LogP contribution in [-0.2, 0) is 0 Å². The molecular weight excluding hydrogens is 320 g/mol. The van der Waals surface area contributed by atoms with Gasteiger partial charge in [0.15, 0.2) is 0 Å². The first-order valence-electron chi connectivity index (χ1n) is 5.19. The number of hydrogen-bond acceptors (Lipinski definition) is 2. The van der Waals surface area contributed by atoms with E-state index in [1.807, 2.05) is 0 Å². The van der Waals surface area contributed by atoms with Gasteiger partial charge in [0.2, 0.25) is 0 Å². The van der Waals surface area contributed by atoms with E-state index in [0.29, 0.717) is 11.9 Å². The molecule has 98 valence electrons. The Kier molecular flexibility index (Phi) is 4.06. The number of carbonyl (C=O) groups excluding carboxylic acids is 1. The summed E-state index contributed by atoms with van der Waals surface area (Å²) in [7, 11) is 0. The molecular formula is C12H8BrF2N3O. The van der Waals surface area contributed by atoms with E-state index in [1.165, 1.54) is 6.20 Å². The van der Waals surface area contributed by atoms with Crippen molar-refractivity contribution in [2.75, 3.05) is 10.6 Å². The molecule has 0 fully saturated rings. The number of nitrogens with one attached hydrogen (secondary N) is 2. The predicted octanol–water partition coefficient (Wildman–Crippen LogP) is 3.77. The van der Waals surface area contributed by atoms with Crippen molar-refractivity contribution in [3.05, 3.63) is 52.6 Å². The molecule has 0 unspecified atom stereocenters. The van der Waals surface area contributed by atoms with Gasteiger partial charge in [0, 0.05) is 16.7 Å². The second kappa shape index (κ2) is 5.75. The molecule has 0 radical (unpaired) electrons. The monoisotopic (exact) mass is 327 g/mol. The summed E-state index contributed by atoms with van der Waals surface area (Å²) >= 11 is 3.23. The number of nitrogens with zero attached hydrogens (tertiary/aromatic N) is 1. The van der Waals surface area contributed by atoms with Crippen LogP contribution in [0, 0.1) is 11.6 Å². The average molecular weight is 328 g/mol. The second-order valence-electron chi connectivity index (χ2n) is 3.56. The lowest BCUT2D eigenvalue weighted by Gasteiger charge is -2.08. The molecule has 2 aromatic rings. The molecule has 2 amide bonds. The summed E-state index contributed by atoms with van der Waals surface area (Å²) < 4.78 is 26.7. The number of urea groups is 1. The molecule has 0 aliphatic heterocycles. The summed E-state index contributed by atoms with van der Waals surface area (Å²) in [6, 6.07) is 5.49. The molecule has 19 heavy (non-hydrogen) atoms. The minimum absolute atomic E-state index is 0.117. The molecule has 0 aliphatic carbocycles. The fraction of sp³-hybridized carbons (Fsp3) is 0. The molecule has 1 aromatic carbocycles. The van der Waals surface area contributed by atoms with Gasteiger partial charge >= 0.3 is 6.03 Å². The van der Waals surface area contributed by atoms with Gasteiger partial charge in [-0.25, -0.2) is 18.6 Å². The van der Waals surface area contributed by atoms with Crippen LogP contribution in [0.3, 0.4) is 0 Å². The van der Waals surface area contributed by atoms with E-state index in [1.54, 1.807) is 12.1 Å². The first kappa shape index (κ1) is 13.4. The molecule has 0 saturated carbocycles. The summed E-state index contributed by atoms with van der Waals surface area (Å²) in [5.74, 6) is -1.26. The fourth-order valence-electron chi connectivity index (χ4n) is 1.33. The number of aromatic nitrogens is 1. The largest absolute Gasteiger partial charge is 0.324 e. The molecule has 0 bridgehead atoms. The van der Waals surface area contributed by atoms with Crippen LogP contribution in [0.2, 0.25) is 0 Å². The van der Waals surface area contributed by atoms with Gasteiger partial charge in [-0.3, -0.25) is 5.32 Å². The zero-order valence-electron chi connectivity index (χ0n) is 9.45. The van der Waals surface area contributed by atoms with E-state index in [4.69, 9.17) is 0 Å². The highest BCUT2D eigenvalue weighted by Crippen LogP contribution is 2.16. The van der Waals surface area contributed by atoms with Crippen molar-refractivity contribution in [2.24, 2.45) is 0 Å². The fourth-order valence-corrected chi connectivity index (χ4v) is 1.67. The van der Waals surface area contributed by atoms with Gasteiger partial charge in [-0.05, 0) is 24.3 Å². The van der Waals surface area contributed by atoms with Gasteiger partial charge in [0.05, 0.1) is 5.69 Å². The van der Waals surface area contributed by atoms with Crippen molar-refractivity contribution in [3.8, 4) is 0 Å². The Morgan fingerprint density at radius 1 is 1.16 bits per heavy atom. The Bertz CT molecular complexity index is 622. The molecule has 4 nitrogen and oxygen atoms in total.